The number of hydrogen-bond donors (Lipinski definition) is 2. The SMILES string of the molecule is CC(C)c1cnc(C(N)=S)[nH]1. The van der Waals surface area contributed by atoms with Gasteiger partial charge in [0.15, 0.2) is 5.82 Å². The highest BCUT2D eigenvalue weighted by molar-refractivity contribution is 7.80. The Morgan fingerprint density at radius 3 is 2.64 bits per heavy atom. The Labute approximate surface area is 71.0 Å². The minimum Gasteiger partial charge on any atom is -0.387 e. The third-order valence-corrected chi connectivity index (χ3v) is 1.64. The quantitative estimate of drug-likeness (QED) is 0.653. The largest absolute Gasteiger partial charge is 0.387 e. The highest BCUT2D eigenvalue weighted by Gasteiger charge is 2.04. The molecule has 0 aliphatic heterocycles. The van der Waals surface area contributed by atoms with E-state index in [1.807, 2.05) is 0 Å². The summed E-state index contributed by atoms with van der Waals surface area (Å²) in [6.07, 6.45) is 1.76. The zero-order chi connectivity index (χ0) is 8.43. The molecule has 1 aromatic rings. The molecule has 60 valence electrons. The van der Waals surface area contributed by atoms with Gasteiger partial charge in [0.25, 0.3) is 0 Å². The molecule has 3 N–H and O–H groups in total. The second-order valence-corrected chi connectivity index (χ2v) is 3.15. The Morgan fingerprint density at radius 1 is 1.73 bits per heavy atom. The minimum absolute atomic E-state index is 0.317. The number of thiocarbonyl (C=S) groups is 1. The third-order valence-electron chi connectivity index (χ3n) is 1.45. The van der Waals surface area contributed by atoms with Crippen molar-refractivity contribution < 1.29 is 0 Å². The van der Waals surface area contributed by atoms with Gasteiger partial charge in [-0.2, -0.15) is 0 Å². The van der Waals surface area contributed by atoms with Crippen molar-refractivity contribution in [2.24, 2.45) is 5.73 Å². The van der Waals surface area contributed by atoms with Crippen LogP contribution in [0.5, 0.6) is 0 Å². The molecule has 0 fully saturated rings. The average Bonchev–Trinajstić information content (AvgIpc) is 2.33. The maximum atomic E-state index is 5.36. The van der Waals surface area contributed by atoms with Crippen molar-refractivity contribution in [3.05, 3.63) is 17.7 Å². The van der Waals surface area contributed by atoms with Gasteiger partial charge in [-0.3, -0.25) is 0 Å². The summed E-state index contributed by atoms with van der Waals surface area (Å²) in [6.45, 7) is 4.16. The molecule has 0 amide bonds. The fraction of sp³-hybridized carbons (Fsp3) is 0.429. The topological polar surface area (TPSA) is 54.7 Å². The first kappa shape index (κ1) is 8.20. The third kappa shape index (κ3) is 1.77. The lowest BCUT2D eigenvalue weighted by molar-refractivity contribution is 0.831. The summed E-state index contributed by atoms with van der Waals surface area (Å²) in [5.74, 6) is 1.04. The molecule has 0 aliphatic rings. The van der Waals surface area contributed by atoms with Crippen molar-refractivity contribution in [2.75, 3.05) is 0 Å². The van der Waals surface area contributed by atoms with E-state index in [0.717, 1.165) is 5.69 Å². The van der Waals surface area contributed by atoms with Crippen LogP contribution in [0.15, 0.2) is 6.20 Å². The van der Waals surface area contributed by atoms with Crippen LogP contribution >= 0.6 is 12.2 Å². The van der Waals surface area contributed by atoms with Crippen molar-refractivity contribution in [1.82, 2.24) is 9.97 Å². The maximum absolute atomic E-state index is 5.36. The molecular formula is C7H11N3S. The van der Waals surface area contributed by atoms with Crippen LogP contribution in [0.2, 0.25) is 0 Å². The number of aromatic amines is 1. The van der Waals surface area contributed by atoms with Crippen LogP contribution in [-0.2, 0) is 0 Å². The van der Waals surface area contributed by atoms with Crippen molar-refractivity contribution in [3.63, 3.8) is 0 Å². The maximum Gasteiger partial charge on any atom is 0.164 e. The predicted octanol–water partition coefficient (Wildman–Crippen LogP) is 1.17. The molecular weight excluding hydrogens is 158 g/mol. The number of nitrogens with zero attached hydrogens (tertiary/aromatic N) is 1. The molecule has 3 nitrogen and oxygen atoms in total. The number of nitrogens with two attached hydrogens (primary N) is 1. The zero-order valence-electron chi connectivity index (χ0n) is 6.59. The molecule has 11 heavy (non-hydrogen) atoms. The molecule has 4 heteroatoms. The van der Waals surface area contributed by atoms with Crippen LogP contribution in [0.3, 0.4) is 0 Å². The molecule has 0 unspecified atom stereocenters. The standard InChI is InChI=1S/C7H11N3S/c1-4(2)5-3-9-7(10-5)6(8)11/h3-4H,1-2H3,(H2,8,11)(H,9,10). The van der Waals surface area contributed by atoms with E-state index in [1.54, 1.807) is 6.20 Å². The van der Waals surface area contributed by atoms with E-state index in [4.69, 9.17) is 18.0 Å². The molecule has 1 heterocycles. The number of H-pyrrole nitrogens is 1. The molecule has 0 radical (unpaired) electrons. The summed E-state index contributed by atoms with van der Waals surface area (Å²) in [6, 6.07) is 0. The number of rotatable bonds is 2. The van der Waals surface area contributed by atoms with E-state index in [9.17, 15) is 0 Å². The van der Waals surface area contributed by atoms with Gasteiger partial charge < -0.3 is 10.7 Å². The van der Waals surface area contributed by atoms with Gasteiger partial charge in [-0.25, -0.2) is 4.98 Å². The highest BCUT2D eigenvalue weighted by atomic mass is 32.1. The minimum atomic E-state index is 0.317. The molecule has 0 aliphatic carbocycles. The first-order chi connectivity index (χ1) is 5.11. The van der Waals surface area contributed by atoms with Crippen molar-refractivity contribution in [1.29, 1.82) is 0 Å². The smallest absolute Gasteiger partial charge is 0.164 e. The van der Waals surface area contributed by atoms with E-state index in [0.29, 0.717) is 16.7 Å². The summed E-state index contributed by atoms with van der Waals surface area (Å²) < 4.78 is 0. The van der Waals surface area contributed by atoms with Gasteiger partial charge in [-0.15, -0.1) is 0 Å². The molecule has 0 saturated carbocycles. The van der Waals surface area contributed by atoms with Crippen molar-refractivity contribution in [2.45, 2.75) is 19.8 Å². The molecule has 1 rings (SSSR count). The first-order valence-corrected chi connectivity index (χ1v) is 3.86. The van der Waals surface area contributed by atoms with Gasteiger partial charge in [-0.05, 0) is 5.92 Å². The van der Waals surface area contributed by atoms with Crippen LogP contribution in [-0.4, -0.2) is 15.0 Å². The summed E-state index contributed by atoms with van der Waals surface area (Å²) in [4.78, 5) is 7.37. The fourth-order valence-electron chi connectivity index (χ4n) is 0.754. The van der Waals surface area contributed by atoms with E-state index in [2.05, 4.69) is 23.8 Å². The Kier molecular flexibility index (Phi) is 2.24. The molecule has 0 atom stereocenters. The monoisotopic (exact) mass is 169 g/mol. The van der Waals surface area contributed by atoms with Crippen LogP contribution in [0.1, 0.15) is 31.3 Å². The van der Waals surface area contributed by atoms with Gasteiger partial charge in [-0.1, -0.05) is 26.1 Å². The Balaban J connectivity index is 2.90. The Hall–Kier alpha value is -0.900. The van der Waals surface area contributed by atoms with Gasteiger partial charge in [0, 0.05) is 11.9 Å². The van der Waals surface area contributed by atoms with E-state index in [1.165, 1.54) is 0 Å². The number of nitrogens with one attached hydrogen (secondary N) is 1. The van der Waals surface area contributed by atoms with Gasteiger partial charge in [0.05, 0.1) is 0 Å². The Morgan fingerprint density at radius 2 is 2.36 bits per heavy atom. The van der Waals surface area contributed by atoms with Gasteiger partial charge >= 0.3 is 0 Å². The lowest BCUT2D eigenvalue weighted by Crippen LogP contribution is -2.11. The number of imidazole rings is 1. The van der Waals surface area contributed by atoms with Crippen LogP contribution < -0.4 is 5.73 Å². The summed E-state index contributed by atoms with van der Waals surface area (Å²) >= 11 is 4.75. The van der Waals surface area contributed by atoms with Crippen LogP contribution in [0, 0.1) is 0 Å². The lowest BCUT2D eigenvalue weighted by Gasteiger charge is -1.97. The molecule has 0 spiro atoms. The molecule has 0 saturated heterocycles. The average molecular weight is 169 g/mol. The highest BCUT2D eigenvalue weighted by Crippen LogP contribution is 2.10. The van der Waals surface area contributed by atoms with Crippen molar-refractivity contribution in [3.8, 4) is 0 Å². The summed E-state index contributed by atoms with van der Waals surface area (Å²) in [5, 5.41) is 0. The second-order valence-electron chi connectivity index (χ2n) is 2.71. The van der Waals surface area contributed by atoms with Crippen LogP contribution in [0.25, 0.3) is 0 Å². The summed E-state index contributed by atoms with van der Waals surface area (Å²) in [5.41, 5.74) is 6.43. The second kappa shape index (κ2) is 3.00. The fourth-order valence-corrected chi connectivity index (χ4v) is 0.858. The lowest BCUT2D eigenvalue weighted by atomic mass is 10.2. The van der Waals surface area contributed by atoms with Gasteiger partial charge in [0.1, 0.15) is 4.99 Å². The summed E-state index contributed by atoms with van der Waals surface area (Å²) in [7, 11) is 0. The number of hydrogen-bond acceptors (Lipinski definition) is 2. The van der Waals surface area contributed by atoms with Crippen LogP contribution in [0.4, 0.5) is 0 Å². The first-order valence-electron chi connectivity index (χ1n) is 3.46. The van der Waals surface area contributed by atoms with E-state index < -0.39 is 0 Å². The number of aromatic nitrogens is 2. The molecule has 1 aromatic heterocycles. The van der Waals surface area contributed by atoms with Gasteiger partial charge in [0.2, 0.25) is 0 Å². The van der Waals surface area contributed by atoms with Crippen molar-refractivity contribution >= 4 is 17.2 Å². The predicted molar refractivity (Wildman–Crippen MR) is 48.6 cm³/mol. The van der Waals surface area contributed by atoms with E-state index >= 15 is 0 Å². The van der Waals surface area contributed by atoms with E-state index in [-0.39, 0.29) is 0 Å². The molecule has 0 bridgehead atoms. The normalized spacial score (nSPS) is 10.5. The molecule has 0 aromatic carbocycles. The zero-order valence-corrected chi connectivity index (χ0v) is 7.40. The Bertz CT molecular complexity index is 264.